The van der Waals surface area contributed by atoms with Gasteiger partial charge in [-0.05, 0) is 41.4 Å². The fourth-order valence-corrected chi connectivity index (χ4v) is 3.02. The molecule has 110 valence electrons. The molecule has 0 aliphatic carbocycles. The molecule has 4 nitrogen and oxygen atoms in total. The van der Waals surface area contributed by atoms with Crippen LogP contribution in [0, 0.1) is 0 Å². The van der Waals surface area contributed by atoms with Gasteiger partial charge in [-0.25, -0.2) is 4.79 Å². The monoisotopic (exact) mass is 304 g/mol. The molecule has 0 aliphatic heterocycles. The molecule has 2 N–H and O–H groups in total. The molecule has 2 aromatic rings. The Morgan fingerprint density at radius 2 is 1.81 bits per heavy atom. The minimum atomic E-state index is -1.53. The van der Waals surface area contributed by atoms with Gasteiger partial charge >= 0.3 is 5.97 Å². The Kier molecular flexibility index (Phi) is 5.01. The molecule has 0 saturated heterocycles. The number of carboxylic acid groups (broad SMARTS) is 1. The third kappa shape index (κ3) is 3.44. The van der Waals surface area contributed by atoms with Crippen molar-refractivity contribution in [1.29, 1.82) is 0 Å². The van der Waals surface area contributed by atoms with Gasteiger partial charge in [-0.15, -0.1) is 0 Å². The molecular weight excluding hydrogens is 288 g/mol. The van der Waals surface area contributed by atoms with Crippen LogP contribution in [0.1, 0.15) is 18.6 Å². The normalized spacial score (nSPS) is 13.7. The van der Waals surface area contributed by atoms with E-state index < -0.39 is 23.2 Å². The summed E-state index contributed by atoms with van der Waals surface area (Å²) in [5.74, 6) is -0.748. The zero-order valence-corrected chi connectivity index (χ0v) is 12.3. The van der Waals surface area contributed by atoms with Crippen LogP contribution in [0.2, 0.25) is 0 Å². The Balaban J connectivity index is 2.38. The lowest BCUT2D eigenvalue weighted by molar-refractivity contribution is -0.146. The smallest absolute Gasteiger partial charge is 0.337 e. The average Bonchev–Trinajstić information content (AvgIpc) is 2.53. The zero-order chi connectivity index (χ0) is 15.4. The van der Waals surface area contributed by atoms with E-state index in [1.54, 1.807) is 24.3 Å². The Bertz CT molecular complexity index is 624. The van der Waals surface area contributed by atoms with Crippen LogP contribution in [0.5, 0.6) is 0 Å². The first-order chi connectivity index (χ1) is 10.0. The van der Waals surface area contributed by atoms with Crippen molar-refractivity contribution >= 4 is 17.1 Å². The summed E-state index contributed by atoms with van der Waals surface area (Å²) < 4.78 is 12.1. The second-order valence-electron chi connectivity index (χ2n) is 4.49. The minimum Gasteiger partial charge on any atom is -0.611 e. The Morgan fingerprint density at radius 3 is 2.38 bits per heavy atom. The van der Waals surface area contributed by atoms with Crippen molar-refractivity contribution in [2.24, 2.45) is 0 Å². The van der Waals surface area contributed by atoms with E-state index in [0.29, 0.717) is 11.3 Å². The summed E-state index contributed by atoms with van der Waals surface area (Å²) in [4.78, 5) is 11.5. The Morgan fingerprint density at radius 1 is 1.19 bits per heavy atom. The molecule has 5 heteroatoms. The van der Waals surface area contributed by atoms with Gasteiger partial charge in [0.2, 0.25) is 0 Å². The van der Waals surface area contributed by atoms with Crippen LogP contribution in [-0.4, -0.2) is 26.5 Å². The Labute approximate surface area is 126 Å². The molecule has 0 bridgehead atoms. The summed E-state index contributed by atoms with van der Waals surface area (Å²) in [7, 11) is 0. The van der Waals surface area contributed by atoms with Crippen molar-refractivity contribution in [2.45, 2.75) is 17.9 Å². The molecule has 0 radical (unpaired) electrons. The van der Waals surface area contributed by atoms with E-state index in [1.165, 1.54) is 0 Å². The molecule has 0 fully saturated rings. The number of benzene rings is 2. The van der Waals surface area contributed by atoms with Crippen LogP contribution >= 0.6 is 0 Å². The van der Waals surface area contributed by atoms with Gasteiger partial charge in [0.1, 0.15) is 5.75 Å². The van der Waals surface area contributed by atoms with E-state index in [2.05, 4.69) is 0 Å². The highest BCUT2D eigenvalue weighted by Crippen LogP contribution is 2.29. The second kappa shape index (κ2) is 6.76. The Hall–Kier alpha value is -1.82. The van der Waals surface area contributed by atoms with E-state index in [9.17, 15) is 14.5 Å². The van der Waals surface area contributed by atoms with Crippen LogP contribution < -0.4 is 0 Å². The van der Waals surface area contributed by atoms with E-state index in [-0.39, 0.29) is 0 Å². The first kappa shape index (κ1) is 15.6. The first-order valence-electron chi connectivity index (χ1n) is 6.53. The van der Waals surface area contributed by atoms with E-state index in [4.69, 9.17) is 5.11 Å². The van der Waals surface area contributed by atoms with Gasteiger partial charge in [0, 0.05) is 5.56 Å². The van der Waals surface area contributed by atoms with Crippen molar-refractivity contribution in [2.75, 3.05) is 5.75 Å². The third-order valence-corrected chi connectivity index (χ3v) is 4.54. The molecule has 0 saturated carbocycles. The first-order valence-corrected chi connectivity index (χ1v) is 7.85. The number of aliphatic hydroxyl groups is 1. The highest BCUT2D eigenvalue weighted by atomic mass is 32.2. The lowest BCUT2D eigenvalue weighted by Gasteiger charge is -2.13. The predicted octanol–water partition coefficient (Wildman–Crippen LogP) is 2.60. The lowest BCUT2D eigenvalue weighted by Crippen LogP contribution is -2.10. The SMILES string of the molecule is CC[S+]([O-])c1ccccc1-c1ccc(C(O)C(=O)O)cc1. The molecule has 0 heterocycles. The quantitative estimate of drug-likeness (QED) is 0.832. The molecule has 0 aromatic heterocycles. The van der Waals surface area contributed by atoms with Gasteiger partial charge in [0.25, 0.3) is 0 Å². The largest absolute Gasteiger partial charge is 0.611 e. The van der Waals surface area contributed by atoms with Gasteiger partial charge in [-0.2, -0.15) is 0 Å². The summed E-state index contributed by atoms with van der Waals surface area (Å²) in [6.07, 6.45) is -1.53. The molecule has 2 rings (SSSR count). The van der Waals surface area contributed by atoms with Crippen molar-refractivity contribution in [1.82, 2.24) is 0 Å². The van der Waals surface area contributed by atoms with Crippen molar-refractivity contribution in [3.05, 3.63) is 54.1 Å². The number of hydrogen-bond donors (Lipinski definition) is 2. The highest BCUT2D eigenvalue weighted by molar-refractivity contribution is 7.91. The van der Waals surface area contributed by atoms with Gasteiger partial charge < -0.3 is 14.8 Å². The highest BCUT2D eigenvalue weighted by Gasteiger charge is 2.18. The summed E-state index contributed by atoms with van der Waals surface area (Å²) >= 11 is -1.07. The van der Waals surface area contributed by atoms with Crippen LogP contribution in [0.4, 0.5) is 0 Å². The molecule has 21 heavy (non-hydrogen) atoms. The van der Waals surface area contributed by atoms with Gasteiger partial charge in [-0.3, -0.25) is 0 Å². The summed E-state index contributed by atoms with van der Waals surface area (Å²) in [6.45, 7) is 1.86. The van der Waals surface area contributed by atoms with Crippen LogP contribution in [0.25, 0.3) is 11.1 Å². The van der Waals surface area contributed by atoms with Crippen molar-refractivity contribution in [3.8, 4) is 11.1 Å². The average molecular weight is 304 g/mol. The maximum atomic E-state index is 12.1. The fourth-order valence-electron chi connectivity index (χ4n) is 2.05. The number of rotatable bonds is 5. The molecule has 2 atom stereocenters. The lowest BCUT2D eigenvalue weighted by atomic mass is 10.0. The number of aliphatic hydroxyl groups excluding tert-OH is 1. The van der Waals surface area contributed by atoms with Crippen LogP contribution in [0.15, 0.2) is 53.4 Å². The van der Waals surface area contributed by atoms with Gasteiger partial charge in [0.15, 0.2) is 11.0 Å². The topological polar surface area (TPSA) is 80.6 Å². The molecule has 0 amide bonds. The summed E-state index contributed by atoms with van der Waals surface area (Å²) in [6, 6.07) is 14.0. The number of aliphatic carboxylic acids is 1. The molecule has 0 spiro atoms. The third-order valence-electron chi connectivity index (χ3n) is 3.17. The molecule has 2 aromatic carbocycles. The minimum absolute atomic E-state index is 0.320. The van der Waals surface area contributed by atoms with Crippen LogP contribution in [-0.2, 0) is 16.0 Å². The summed E-state index contributed by atoms with van der Waals surface area (Å²) in [5, 5.41) is 18.3. The van der Waals surface area contributed by atoms with Crippen molar-refractivity contribution in [3.63, 3.8) is 0 Å². The number of hydrogen-bond acceptors (Lipinski definition) is 3. The summed E-state index contributed by atoms with van der Waals surface area (Å²) in [5.41, 5.74) is 2.02. The number of carbonyl (C=O) groups is 1. The maximum absolute atomic E-state index is 12.1. The van der Waals surface area contributed by atoms with E-state index in [0.717, 1.165) is 16.0 Å². The van der Waals surface area contributed by atoms with Gasteiger partial charge in [0.05, 0.1) is 0 Å². The molecule has 0 aliphatic rings. The van der Waals surface area contributed by atoms with Crippen LogP contribution in [0.3, 0.4) is 0 Å². The zero-order valence-electron chi connectivity index (χ0n) is 11.5. The fraction of sp³-hybridized carbons (Fsp3) is 0.188. The maximum Gasteiger partial charge on any atom is 0.337 e. The molecular formula is C16H16O4S. The molecule has 2 unspecified atom stereocenters. The van der Waals surface area contributed by atoms with Gasteiger partial charge in [-0.1, -0.05) is 36.4 Å². The van der Waals surface area contributed by atoms with E-state index >= 15 is 0 Å². The standard InChI is InChI=1S/C16H16O4S/c1-2-21(20)14-6-4-3-5-13(14)11-7-9-12(10-8-11)15(17)16(18)19/h3-10,15,17H,2H2,1H3,(H,18,19). The van der Waals surface area contributed by atoms with E-state index in [1.807, 2.05) is 31.2 Å². The number of carboxylic acids is 1. The van der Waals surface area contributed by atoms with Crippen molar-refractivity contribution < 1.29 is 19.6 Å². The predicted molar refractivity (Wildman–Crippen MR) is 81.4 cm³/mol. The second-order valence-corrected chi connectivity index (χ2v) is 6.20.